The van der Waals surface area contributed by atoms with Gasteiger partial charge in [0.25, 0.3) is 0 Å². The van der Waals surface area contributed by atoms with Crippen molar-refractivity contribution in [1.29, 1.82) is 0 Å². The van der Waals surface area contributed by atoms with Gasteiger partial charge in [-0.2, -0.15) is 0 Å². The lowest BCUT2D eigenvalue weighted by Crippen LogP contribution is -1.94. The standard InChI is InChI=1S/C54H34N2S.C18H11BrS/c1-2-10-35(11-3-1)36-18-25-41(26-19-36)55-50-16-8-5-13-44(50)47-32-39(23-30-51(47)55)40-22-29-45-43-12-4-7-15-49(43)56(52(45)34-40)42-27-20-37(21-28-42)38-24-31-54-48(33-38)46-14-6-9-17-53(46)57-54;19-14-8-5-12(6-9-14)13-7-10-18-16(11-13)15-3-1-2-4-17(15)20-18/h1-34H;1-11H. The predicted molar refractivity (Wildman–Crippen MR) is 337 cm³/mol. The normalized spacial score (nSPS) is 11.7. The monoisotopic (exact) mass is 1080 g/mol. The van der Waals surface area contributed by atoms with Crippen LogP contribution in [0.3, 0.4) is 0 Å². The van der Waals surface area contributed by atoms with Crippen molar-refractivity contribution in [2.75, 3.05) is 0 Å². The van der Waals surface area contributed by atoms with Gasteiger partial charge in [0.1, 0.15) is 0 Å². The zero-order valence-electron chi connectivity index (χ0n) is 41.6. The van der Waals surface area contributed by atoms with Crippen LogP contribution in [0.1, 0.15) is 0 Å². The van der Waals surface area contributed by atoms with Gasteiger partial charge in [0.15, 0.2) is 0 Å². The summed E-state index contributed by atoms with van der Waals surface area (Å²) in [6.07, 6.45) is 0. The third-order valence-corrected chi connectivity index (χ3v) is 18.1. The molecule has 0 aliphatic carbocycles. The first-order valence-electron chi connectivity index (χ1n) is 26.0. The lowest BCUT2D eigenvalue weighted by atomic mass is 10.0. The van der Waals surface area contributed by atoms with Crippen LogP contribution in [0.15, 0.2) is 277 Å². The third kappa shape index (κ3) is 7.97. The van der Waals surface area contributed by atoms with Crippen LogP contribution >= 0.6 is 38.6 Å². The molecule has 4 heterocycles. The summed E-state index contributed by atoms with van der Waals surface area (Å²) in [5.41, 5.74) is 17.0. The molecule has 0 aliphatic heterocycles. The number of fused-ring (bicyclic) bond motifs is 12. The molecule has 77 heavy (non-hydrogen) atoms. The van der Waals surface area contributed by atoms with Crippen molar-refractivity contribution in [2.24, 2.45) is 0 Å². The summed E-state index contributed by atoms with van der Waals surface area (Å²) in [5, 5.41) is 10.4. The van der Waals surface area contributed by atoms with Crippen molar-refractivity contribution in [2.45, 2.75) is 0 Å². The zero-order valence-corrected chi connectivity index (χ0v) is 44.8. The van der Waals surface area contributed by atoms with E-state index in [0.717, 1.165) is 15.8 Å². The molecule has 4 aromatic heterocycles. The van der Waals surface area contributed by atoms with Crippen LogP contribution in [0.25, 0.3) is 140 Å². The quantitative estimate of drug-likeness (QED) is 0.157. The molecular weight excluding hydrogens is 1040 g/mol. The Balaban J connectivity index is 0.000000216. The summed E-state index contributed by atoms with van der Waals surface area (Å²) in [4.78, 5) is 0. The minimum absolute atomic E-state index is 1.11. The second kappa shape index (κ2) is 18.8. The number of benzene rings is 12. The third-order valence-electron chi connectivity index (χ3n) is 15.3. The van der Waals surface area contributed by atoms with Gasteiger partial charge in [0.05, 0.1) is 22.1 Å². The molecule has 16 aromatic rings. The number of thiophene rings is 2. The Labute approximate surface area is 461 Å². The second-order valence-electron chi connectivity index (χ2n) is 19.8. The second-order valence-corrected chi connectivity index (χ2v) is 22.8. The first kappa shape index (κ1) is 45.5. The SMILES string of the molecule is Brc1ccc(-c2ccc3sc4ccccc4c3c2)cc1.c1ccc(-c2ccc(-n3c4ccccc4c4cc(-c5ccc6c7ccccc7n(-c7ccc(-c8ccc9sc%10ccccc%10c9c8)cc7)c6c5)ccc43)cc2)cc1. The van der Waals surface area contributed by atoms with Crippen molar-refractivity contribution in [3.05, 3.63) is 277 Å². The molecule has 0 aliphatic rings. The Morgan fingerprint density at radius 3 is 1.16 bits per heavy atom. The molecule has 0 saturated heterocycles. The highest BCUT2D eigenvalue weighted by Gasteiger charge is 2.17. The average molecular weight is 1080 g/mol. The van der Waals surface area contributed by atoms with Gasteiger partial charge in [-0.15, -0.1) is 22.7 Å². The van der Waals surface area contributed by atoms with Crippen LogP contribution < -0.4 is 0 Å². The molecule has 0 fully saturated rings. The van der Waals surface area contributed by atoms with Crippen molar-refractivity contribution in [3.63, 3.8) is 0 Å². The van der Waals surface area contributed by atoms with E-state index in [4.69, 9.17) is 0 Å². The fourth-order valence-electron chi connectivity index (χ4n) is 11.5. The number of hydrogen-bond acceptors (Lipinski definition) is 2. The molecule has 0 radical (unpaired) electrons. The summed E-state index contributed by atoms with van der Waals surface area (Å²) < 4.78 is 11.3. The van der Waals surface area contributed by atoms with Gasteiger partial charge in [0.2, 0.25) is 0 Å². The van der Waals surface area contributed by atoms with Gasteiger partial charge >= 0.3 is 0 Å². The van der Waals surface area contributed by atoms with Gasteiger partial charge in [-0.3, -0.25) is 0 Å². The van der Waals surface area contributed by atoms with E-state index >= 15 is 0 Å². The van der Waals surface area contributed by atoms with Crippen molar-refractivity contribution < 1.29 is 0 Å². The highest BCUT2D eigenvalue weighted by atomic mass is 79.9. The lowest BCUT2D eigenvalue weighted by molar-refractivity contribution is 1.18. The largest absolute Gasteiger partial charge is 0.309 e. The number of nitrogens with zero attached hydrogens (tertiary/aromatic N) is 2. The van der Waals surface area contributed by atoms with E-state index in [1.54, 1.807) is 0 Å². The highest BCUT2D eigenvalue weighted by Crippen LogP contribution is 2.41. The van der Waals surface area contributed by atoms with Crippen LogP contribution in [0.5, 0.6) is 0 Å². The number of hydrogen-bond donors (Lipinski definition) is 0. The highest BCUT2D eigenvalue weighted by molar-refractivity contribution is 9.10. The number of rotatable bonds is 6. The van der Waals surface area contributed by atoms with Crippen molar-refractivity contribution in [3.8, 4) is 55.9 Å². The Kier molecular flexibility index (Phi) is 11.1. The minimum atomic E-state index is 1.11. The molecule has 0 unspecified atom stereocenters. The molecule has 0 atom stereocenters. The molecule has 12 aromatic carbocycles. The van der Waals surface area contributed by atoms with Gasteiger partial charge in [-0.25, -0.2) is 0 Å². The Bertz CT molecular complexity index is 4910. The van der Waals surface area contributed by atoms with Crippen LogP contribution in [-0.2, 0) is 0 Å². The fraction of sp³-hybridized carbons (Fsp3) is 0. The molecule has 2 nitrogen and oxygen atoms in total. The Morgan fingerprint density at radius 2 is 0.571 bits per heavy atom. The first-order valence-corrected chi connectivity index (χ1v) is 28.4. The maximum Gasteiger partial charge on any atom is 0.0547 e. The molecule has 0 N–H and O–H groups in total. The fourth-order valence-corrected chi connectivity index (χ4v) is 14.0. The molecule has 5 heteroatoms. The number of halogens is 1. The molecular formula is C72H45BrN2S2. The number of aromatic nitrogens is 2. The maximum absolute atomic E-state index is 3.49. The molecule has 362 valence electrons. The summed E-state index contributed by atoms with van der Waals surface area (Å²) >= 11 is 7.21. The van der Waals surface area contributed by atoms with Gasteiger partial charge in [-0.1, -0.05) is 186 Å². The predicted octanol–water partition coefficient (Wildman–Crippen LogP) is 21.7. The van der Waals surface area contributed by atoms with Crippen LogP contribution in [0.2, 0.25) is 0 Å². The molecule has 0 bridgehead atoms. The summed E-state index contributed by atoms with van der Waals surface area (Å²) in [6.45, 7) is 0. The lowest BCUT2D eigenvalue weighted by Gasteiger charge is -2.11. The molecule has 0 amide bonds. The van der Waals surface area contributed by atoms with E-state index in [1.165, 1.54) is 128 Å². The van der Waals surface area contributed by atoms with Crippen LogP contribution in [0.4, 0.5) is 0 Å². The Morgan fingerprint density at radius 1 is 0.221 bits per heavy atom. The van der Waals surface area contributed by atoms with E-state index in [2.05, 4.69) is 298 Å². The molecule has 16 rings (SSSR count). The van der Waals surface area contributed by atoms with E-state index in [0.29, 0.717) is 0 Å². The Hall–Kier alpha value is -8.84. The van der Waals surface area contributed by atoms with Crippen LogP contribution in [0, 0.1) is 0 Å². The average Bonchev–Trinajstić information content (AvgIpc) is 4.43. The first-order chi connectivity index (χ1) is 38.1. The minimum Gasteiger partial charge on any atom is -0.309 e. The van der Waals surface area contributed by atoms with Gasteiger partial charge in [-0.05, 0) is 148 Å². The van der Waals surface area contributed by atoms with E-state index in [-0.39, 0.29) is 0 Å². The van der Waals surface area contributed by atoms with Crippen molar-refractivity contribution >= 4 is 123 Å². The molecule has 0 spiro atoms. The van der Waals surface area contributed by atoms with Crippen molar-refractivity contribution in [1.82, 2.24) is 9.13 Å². The summed E-state index contributed by atoms with van der Waals surface area (Å²) in [5.74, 6) is 0. The van der Waals surface area contributed by atoms with Gasteiger partial charge < -0.3 is 9.13 Å². The summed E-state index contributed by atoms with van der Waals surface area (Å²) in [7, 11) is 0. The molecule has 0 saturated carbocycles. The van der Waals surface area contributed by atoms with Gasteiger partial charge in [0, 0.05) is 77.7 Å². The van der Waals surface area contributed by atoms with E-state index in [1.807, 2.05) is 22.7 Å². The maximum atomic E-state index is 3.49. The van der Waals surface area contributed by atoms with E-state index < -0.39 is 0 Å². The topological polar surface area (TPSA) is 9.86 Å². The summed E-state index contributed by atoms with van der Waals surface area (Å²) in [6, 6.07) is 99.5. The number of para-hydroxylation sites is 2. The van der Waals surface area contributed by atoms with E-state index in [9.17, 15) is 0 Å². The zero-order chi connectivity index (χ0) is 51.0. The smallest absolute Gasteiger partial charge is 0.0547 e. The van der Waals surface area contributed by atoms with Crippen LogP contribution in [-0.4, -0.2) is 9.13 Å².